The van der Waals surface area contributed by atoms with E-state index in [4.69, 9.17) is 0 Å². The van der Waals surface area contributed by atoms with Gasteiger partial charge in [-0.25, -0.2) is 0 Å². The fourth-order valence-corrected chi connectivity index (χ4v) is 4.97. The maximum atomic E-state index is 12.5. The molecule has 6 nitrogen and oxygen atoms in total. The van der Waals surface area contributed by atoms with Gasteiger partial charge in [0.25, 0.3) is 0 Å². The number of aliphatic hydroxyl groups is 2. The Labute approximate surface area is 205 Å². The molecule has 0 saturated heterocycles. The van der Waals surface area contributed by atoms with Crippen molar-refractivity contribution in [1.82, 2.24) is 0 Å². The zero-order valence-corrected chi connectivity index (χ0v) is 22.1. The lowest BCUT2D eigenvalue weighted by molar-refractivity contribution is -0.118. The molecule has 2 rings (SSSR count). The van der Waals surface area contributed by atoms with Gasteiger partial charge in [0, 0.05) is 50.2 Å². The lowest BCUT2D eigenvalue weighted by Crippen LogP contribution is -2.29. The average molecular weight is 473 g/mol. The second-order valence-corrected chi connectivity index (χ2v) is 11.3. The van der Waals surface area contributed by atoms with Crippen molar-refractivity contribution in [3.05, 3.63) is 22.7 Å². The molecular weight excluding hydrogens is 428 g/mol. The van der Waals surface area contributed by atoms with E-state index >= 15 is 0 Å². The Kier molecular flexibility index (Phi) is 9.84. The third kappa shape index (κ3) is 7.64. The van der Waals surface area contributed by atoms with Gasteiger partial charge in [-0.3, -0.25) is 19.6 Å². The molecule has 0 aromatic heterocycles. The van der Waals surface area contributed by atoms with Crippen LogP contribution in [0.15, 0.2) is 32.6 Å². The first-order valence-corrected chi connectivity index (χ1v) is 12.9. The van der Waals surface area contributed by atoms with E-state index in [1.807, 2.05) is 41.5 Å². The van der Waals surface area contributed by atoms with E-state index < -0.39 is 0 Å². The van der Waals surface area contributed by atoms with Crippen LogP contribution in [0.4, 0.5) is 0 Å². The average Bonchev–Trinajstić information content (AvgIpc) is 2.69. The first kappa shape index (κ1) is 28.0. The summed E-state index contributed by atoms with van der Waals surface area (Å²) in [6.45, 7) is 13.2. The first-order chi connectivity index (χ1) is 15.9. The maximum absolute atomic E-state index is 12.5. The van der Waals surface area contributed by atoms with E-state index in [0.29, 0.717) is 62.8 Å². The smallest absolute Gasteiger partial charge is 0.168 e. The number of unbranched alkanes of at least 4 members (excludes halogenated alkanes) is 3. The normalized spacial score (nSPS) is 21.5. The molecule has 0 amide bonds. The van der Waals surface area contributed by atoms with Gasteiger partial charge >= 0.3 is 0 Å². The van der Waals surface area contributed by atoms with Crippen molar-refractivity contribution < 1.29 is 19.8 Å². The molecule has 190 valence electrons. The van der Waals surface area contributed by atoms with Crippen LogP contribution < -0.4 is 0 Å². The lowest BCUT2D eigenvalue weighted by Gasteiger charge is -2.29. The van der Waals surface area contributed by atoms with Crippen LogP contribution in [0.5, 0.6) is 0 Å². The van der Waals surface area contributed by atoms with Crippen molar-refractivity contribution in [2.75, 3.05) is 13.1 Å². The van der Waals surface area contributed by atoms with E-state index in [1.54, 1.807) is 0 Å². The summed E-state index contributed by atoms with van der Waals surface area (Å²) < 4.78 is 0. The number of hydrogen-bond donors (Lipinski definition) is 2. The quantitative estimate of drug-likeness (QED) is 0.260. The van der Waals surface area contributed by atoms with Crippen LogP contribution in [-0.2, 0) is 9.59 Å². The summed E-state index contributed by atoms with van der Waals surface area (Å²) >= 11 is 0. The summed E-state index contributed by atoms with van der Waals surface area (Å²) in [4.78, 5) is 34.4. The Morgan fingerprint density at radius 2 is 1.03 bits per heavy atom. The van der Waals surface area contributed by atoms with Gasteiger partial charge in [0.15, 0.2) is 11.6 Å². The van der Waals surface area contributed by atoms with Crippen LogP contribution in [0.2, 0.25) is 0 Å². The largest absolute Gasteiger partial charge is 0.511 e. The molecule has 2 N–H and O–H groups in total. The summed E-state index contributed by atoms with van der Waals surface area (Å²) in [5, 5.41) is 20.8. The van der Waals surface area contributed by atoms with Crippen LogP contribution in [0.1, 0.15) is 106 Å². The molecule has 34 heavy (non-hydrogen) atoms. The Morgan fingerprint density at radius 1 is 0.676 bits per heavy atom. The highest BCUT2D eigenvalue weighted by Gasteiger charge is 2.35. The highest BCUT2D eigenvalue weighted by atomic mass is 16.3. The van der Waals surface area contributed by atoms with E-state index in [2.05, 4.69) is 9.98 Å². The van der Waals surface area contributed by atoms with Gasteiger partial charge in [-0.1, -0.05) is 54.4 Å². The number of nitrogens with zero attached hydrogens (tertiary/aromatic N) is 2. The van der Waals surface area contributed by atoms with Gasteiger partial charge in [0.2, 0.25) is 0 Å². The van der Waals surface area contributed by atoms with Crippen LogP contribution >= 0.6 is 0 Å². The van der Waals surface area contributed by atoms with Crippen molar-refractivity contribution >= 4 is 23.0 Å². The molecule has 0 saturated carbocycles. The molecule has 0 aliphatic heterocycles. The van der Waals surface area contributed by atoms with Crippen molar-refractivity contribution in [2.45, 2.75) is 106 Å². The van der Waals surface area contributed by atoms with Gasteiger partial charge in [-0.05, 0) is 36.5 Å². The summed E-state index contributed by atoms with van der Waals surface area (Å²) in [5.41, 5.74) is 1.95. The fraction of sp³-hybridized carbons (Fsp3) is 0.714. The third-order valence-corrected chi connectivity index (χ3v) is 6.62. The number of aliphatic hydroxyl groups excluding tert-OH is 2. The second-order valence-electron chi connectivity index (χ2n) is 11.3. The molecule has 0 aromatic rings. The van der Waals surface area contributed by atoms with Crippen LogP contribution in [0.25, 0.3) is 0 Å². The van der Waals surface area contributed by atoms with Crippen LogP contribution in [-0.4, -0.2) is 46.3 Å². The first-order valence-electron chi connectivity index (χ1n) is 12.9. The SMILES string of the molecule is CCC(=NCCCCCCN=C(CC)C1=C(O)CC(C)(C)CC1=O)C1=C(O)CC(C)(C)CC1=O. The van der Waals surface area contributed by atoms with E-state index in [1.165, 1.54) is 0 Å². The summed E-state index contributed by atoms with van der Waals surface area (Å²) in [6, 6.07) is 0. The number of aliphatic imine (C=N–C) groups is 2. The number of Topliss-reactive ketones (excluding diaryl/α,β-unsaturated/α-hetero) is 2. The van der Waals surface area contributed by atoms with Gasteiger partial charge in [-0.15, -0.1) is 0 Å². The van der Waals surface area contributed by atoms with Crippen LogP contribution in [0, 0.1) is 10.8 Å². The highest BCUT2D eigenvalue weighted by molar-refractivity contribution is 6.23. The highest BCUT2D eigenvalue weighted by Crippen LogP contribution is 2.37. The topological polar surface area (TPSA) is 99.3 Å². The molecule has 0 heterocycles. The van der Waals surface area contributed by atoms with E-state index in [0.717, 1.165) is 37.1 Å². The van der Waals surface area contributed by atoms with E-state index in [-0.39, 0.29) is 33.9 Å². The third-order valence-electron chi connectivity index (χ3n) is 6.62. The monoisotopic (exact) mass is 472 g/mol. The Hall–Kier alpha value is -2.24. The predicted octanol–water partition coefficient (Wildman–Crippen LogP) is 6.65. The zero-order chi connectivity index (χ0) is 25.5. The Morgan fingerprint density at radius 3 is 1.32 bits per heavy atom. The molecule has 0 bridgehead atoms. The second kappa shape index (κ2) is 11.9. The molecule has 2 aliphatic carbocycles. The summed E-state index contributed by atoms with van der Waals surface area (Å²) in [5.74, 6) is 0.375. The van der Waals surface area contributed by atoms with E-state index in [9.17, 15) is 19.8 Å². The van der Waals surface area contributed by atoms with Crippen molar-refractivity contribution in [1.29, 1.82) is 0 Å². The number of carbonyl (C=O) groups is 2. The standard InChI is InChI=1S/C28H44N2O4/c1-7-19(25-21(31)15-27(3,4)16-22(25)32)29-13-11-9-10-12-14-30-20(8-2)26-23(33)17-28(5,6)18-24(26)34/h31,33H,7-18H2,1-6H3. The molecule has 0 spiro atoms. The summed E-state index contributed by atoms with van der Waals surface area (Å²) in [7, 11) is 0. The number of rotatable bonds is 11. The predicted molar refractivity (Wildman–Crippen MR) is 139 cm³/mol. The Bertz CT molecular complexity index is 829. The van der Waals surface area contributed by atoms with Gasteiger partial charge in [0.1, 0.15) is 11.5 Å². The minimum absolute atomic E-state index is 0.0000946. The number of allylic oxidation sites excluding steroid dienone is 4. The van der Waals surface area contributed by atoms with Crippen molar-refractivity contribution in [2.24, 2.45) is 20.8 Å². The number of ketones is 2. The summed E-state index contributed by atoms with van der Waals surface area (Å²) in [6.07, 6.45) is 7.05. The number of hydrogen-bond acceptors (Lipinski definition) is 6. The molecule has 0 atom stereocenters. The molecule has 6 heteroatoms. The zero-order valence-electron chi connectivity index (χ0n) is 22.1. The Balaban J connectivity index is 1.83. The fourth-order valence-electron chi connectivity index (χ4n) is 4.97. The van der Waals surface area contributed by atoms with Gasteiger partial charge in [-0.2, -0.15) is 0 Å². The maximum Gasteiger partial charge on any atom is 0.168 e. The number of carbonyl (C=O) groups excluding carboxylic acids is 2. The minimum atomic E-state index is -0.195. The molecule has 0 fully saturated rings. The molecule has 2 aliphatic rings. The van der Waals surface area contributed by atoms with Crippen molar-refractivity contribution in [3.8, 4) is 0 Å². The lowest BCUT2D eigenvalue weighted by atomic mass is 9.75. The molecule has 0 unspecified atom stereocenters. The molecule has 0 aromatic carbocycles. The molecule has 0 radical (unpaired) electrons. The minimum Gasteiger partial charge on any atom is -0.511 e. The molecular formula is C28H44N2O4. The van der Waals surface area contributed by atoms with Gasteiger partial charge < -0.3 is 10.2 Å². The van der Waals surface area contributed by atoms with Gasteiger partial charge in [0.05, 0.1) is 11.1 Å². The van der Waals surface area contributed by atoms with Crippen LogP contribution in [0.3, 0.4) is 0 Å². The van der Waals surface area contributed by atoms with Crippen molar-refractivity contribution in [3.63, 3.8) is 0 Å².